The second kappa shape index (κ2) is 3.85. The van der Waals surface area contributed by atoms with Crippen molar-refractivity contribution in [1.82, 2.24) is 0 Å². The van der Waals surface area contributed by atoms with Crippen molar-refractivity contribution in [2.75, 3.05) is 0 Å². The zero-order valence-electron chi connectivity index (χ0n) is 11.3. The summed E-state index contributed by atoms with van der Waals surface area (Å²) in [7, 11) is 0. The lowest BCUT2D eigenvalue weighted by atomic mass is 9.79. The maximum Gasteiger partial charge on any atom is 0.338 e. The van der Waals surface area contributed by atoms with Gasteiger partial charge in [0.2, 0.25) is 0 Å². The molecule has 1 heterocycles. The highest BCUT2D eigenvalue weighted by Gasteiger charge is 2.67. The maximum atomic E-state index is 12.2. The van der Waals surface area contributed by atoms with Gasteiger partial charge >= 0.3 is 5.97 Å². The van der Waals surface area contributed by atoms with E-state index in [0.717, 1.165) is 24.2 Å². The predicted molar refractivity (Wildman–Crippen MR) is 72.1 cm³/mol. The summed E-state index contributed by atoms with van der Waals surface area (Å²) < 4.78 is 11.5. The average molecular weight is 270 g/mol. The molecule has 104 valence electrons. The normalized spacial score (nSPS) is 46.9. The van der Waals surface area contributed by atoms with Crippen molar-refractivity contribution in [3.63, 3.8) is 0 Å². The van der Waals surface area contributed by atoms with Crippen LogP contribution in [0.4, 0.5) is 0 Å². The molecule has 1 saturated heterocycles. The van der Waals surface area contributed by atoms with Gasteiger partial charge in [-0.1, -0.05) is 18.2 Å². The summed E-state index contributed by atoms with van der Waals surface area (Å²) in [4.78, 5) is 12.2. The molecule has 0 unspecified atom stereocenters. The van der Waals surface area contributed by atoms with E-state index in [1.807, 2.05) is 30.3 Å². The molecule has 0 aromatic heterocycles. The first-order valence-electron chi connectivity index (χ1n) is 7.73. The van der Waals surface area contributed by atoms with Crippen LogP contribution in [-0.4, -0.2) is 24.3 Å². The van der Waals surface area contributed by atoms with Crippen LogP contribution in [0.3, 0.4) is 0 Å². The van der Waals surface area contributed by atoms with Crippen LogP contribution in [0.2, 0.25) is 0 Å². The van der Waals surface area contributed by atoms with Gasteiger partial charge in [0, 0.05) is 0 Å². The Labute approximate surface area is 118 Å². The van der Waals surface area contributed by atoms with Crippen LogP contribution >= 0.6 is 0 Å². The Kier molecular flexibility index (Phi) is 2.18. The number of rotatable bonds is 2. The fourth-order valence-corrected chi connectivity index (χ4v) is 5.18. The van der Waals surface area contributed by atoms with Gasteiger partial charge in [-0.3, -0.25) is 0 Å². The van der Waals surface area contributed by atoms with Gasteiger partial charge in [-0.25, -0.2) is 4.79 Å². The third-order valence-electron chi connectivity index (χ3n) is 5.95. The monoisotopic (exact) mass is 270 g/mol. The summed E-state index contributed by atoms with van der Waals surface area (Å²) in [5, 5.41) is 0. The first kappa shape index (κ1) is 11.3. The van der Waals surface area contributed by atoms with E-state index >= 15 is 0 Å². The van der Waals surface area contributed by atoms with Crippen molar-refractivity contribution in [3.8, 4) is 0 Å². The molecule has 2 bridgehead atoms. The number of benzene rings is 1. The third-order valence-corrected chi connectivity index (χ3v) is 5.95. The molecule has 3 saturated carbocycles. The summed E-state index contributed by atoms with van der Waals surface area (Å²) in [6.07, 6.45) is 4.74. The lowest BCUT2D eigenvalue weighted by molar-refractivity contribution is -0.00658. The van der Waals surface area contributed by atoms with Crippen LogP contribution in [0.5, 0.6) is 0 Å². The van der Waals surface area contributed by atoms with Crippen LogP contribution in [0.25, 0.3) is 0 Å². The lowest BCUT2D eigenvalue weighted by Crippen LogP contribution is -2.34. The predicted octanol–water partition coefficient (Wildman–Crippen LogP) is 2.66. The molecular weight excluding hydrogens is 252 g/mol. The first-order chi connectivity index (χ1) is 9.81. The summed E-state index contributed by atoms with van der Waals surface area (Å²) in [5.74, 6) is 2.70. The summed E-state index contributed by atoms with van der Waals surface area (Å²) in [5.41, 5.74) is 0.671. The van der Waals surface area contributed by atoms with Gasteiger partial charge < -0.3 is 9.47 Å². The number of esters is 1. The van der Waals surface area contributed by atoms with Crippen molar-refractivity contribution in [2.24, 2.45) is 23.7 Å². The Balaban J connectivity index is 1.31. The molecule has 0 spiro atoms. The minimum Gasteiger partial charge on any atom is -0.458 e. The molecule has 0 amide bonds. The van der Waals surface area contributed by atoms with Crippen molar-refractivity contribution >= 4 is 5.97 Å². The van der Waals surface area contributed by atoms with Crippen LogP contribution in [0, 0.1) is 23.7 Å². The molecule has 3 heteroatoms. The molecule has 7 atom stereocenters. The van der Waals surface area contributed by atoms with Gasteiger partial charge in [0.25, 0.3) is 0 Å². The number of carbonyl (C=O) groups excluding carboxylic acids is 1. The lowest BCUT2D eigenvalue weighted by Gasteiger charge is -2.32. The molecule has 0 radical (unpaired) electrons. The van der Waals surface area contributed by atoms with Crippen LogP contribution in [0.1, 0.15) is 29.6 Å². The smallest absolute Gasteiger partial charge is 0.338 e. The highest BCUT2D eigenvalue weighted by Crippen LogP contribution is 2.64. The molecule has 1 aromatic rings. The van der Waals surface area contributed by atoms with E-state index in [9.17, 15) is 4.79 Å². The number of epoxide rings is 1. The zero-order chi connectivity index (χ0) is 13.3. The van der Waals surface area contributed by atoms with Gasteiger partial charge in [-0.2, -0.15) is 0 Å². The molecule has 5 rings (SSSR count). The number of hydrogen-bond donors (Lipinski definition) is 0. The number of fused-ring (bicyclic) bond motifs is 7. The Hall–Kier alpha value is -1.35. The van der Waals surface area contributed by atoms with E-state index in [2.05, 4.69) is 0 Å². The van der Waals surface area contributed by atoms with Crippen molar-refractivity contribution < 1.29 is 14.3 Å². The summed E-state index contributed by atoms with van der Waals surface area (Å²) >= 11 is 0. The molecule has 20 heavy (non-hydrogen) atoms. The second-order valence-electron chi connectivity index (χ2n) is 6.82. The van der Waals surface area contributed by atoms with Gasteiger partial charge in [-0.15, -0.1) is 0 Å². The molecule has 4 aliphatic rings. The second-order valence-corrected chi connectivity index (χ2v) is 6.82. The van der Waals surface area contributed by atoms with Crippen molar-refractivity contribution in [3.05, 3.63) is 35.9 Å². The molecule has 3 nitrogen and oxygen atoms in total. The van der Waals surface area contributed by atoms with Crippen molar-refractivity contribution in [1.29, 1.82) is 0 Å². The number of carbonyl (C=O) groups is 1. The van der Waals surface area contributed by atoms with Gasteiger partial charge in [0.15, 0.2) is 0 Å². The van der Waals surface area contributed by atoms with Gasteiger partial charge in [-0.05, 0) is 55.1 Å². The molecule has 4 fully saturated rings. The molecular formula is C17H18O3. The first-order valence-corrected chi connectivity index (χ1v) is 7.73. The highest BCUT2D eigenvalue weighted by molar-refractivity contribution is 5.89. The van der Waals surface area contributed by atoms with E-state index < -0.39 is 0 Å². The topological polar surface area (TPSA) is 38.8 Å². The number of hydrogen-bond acceptors (Lipinski definition) is 3. The fourth-order valence-electron chi connectivity index (χ4n) is 5.18. The van der Waals surface area contributed by atoms with Crippen LogP contribution < -0.4 is 0 Å². The SMILES string of the molecule is O=C(O[C@H]1C[C@H]2C[C@@H]1[C@H]1C[C@H]3O[C@@H]3[C@H]21)c1ccccc1. The molecule has 0 N–H and O–H groups in total. The quantitative estimate of drug-likeness (QED) is 0.612. The van der Waals surface area contributed by atoms with Crippen molar-refractivity contribution in [2.45, 2.75) is 37.6 Å². The maximum absolute atomic E-state index is 12.2. The minimum atomic E-state index is -0.154. The van der Waals surface area contributed by atoms with Crippen LogP contribution in [-0.2, 0) is 9.47 Å². The Morgan fingerprint density at radius 1 is 1.10 bits per heavy atom. The molecule has 3 aliphatic carbocycles. The van der Waals surface area contributed by atoms with Gasteiger partial charge in [0.1, 0.15) is 6.10 Å². The van der Waals surface area contributed by atoms with Gasteiger partial charge in [0.05, 0.1) is 17.8 Å². The minimum absolute atomic E-state index is 0.145. The van der Waals surface area contributed by atoms with E-state index in [-0.39, 0.29) is 12.1 Å². The van der Waals surface area contributed by atoms with E-state index in [1.165, 1.54) is 12.8 Å². The zero-order valence-corrected chi connectivity index (χ0v) is 11.3. The average Bonchev–Trinajstić information content (AvgIpc) is 2.86. The fraction of sp³-hybridized carbons (Fsp3) is 0.588. The highest BCUT2D eigenvalue weighted by atomic mass is 16.6. The Morgan fingerprint density at radius 3 is 2.80 bits per heavy atom. The standard InChI is InChI=1S/C17H18O3/c18-17(9-4-2-1-3-5-9)20-13-7-10-6-11(13)12-8-14-16(19-14)15(10)12/h1-5,10-16H,6-8H2/t10-,11-,12-,13+,14-,15-,16+/m1/s1. The Bertz CT molecular complexity index is 555. The molecule has 1 aliphatic heterocycles. The summed E-state index contributed by atoms with van der Waals surface area (Å²) in [6, 6.07) is 9.35. The van der Waals surface area contributed by atoms with E-state index in [1.54, 1.807) is 0 Å². The summed E-state index contributed by atoms with van der Waals surface area (Å²) in [6.45, 7) is 0. The largest absolute Gasteiger partial charge is 0.458 e. The third kappa shape index (κ3) is 1.47. The van der Waals surface area contributed by atoms with E-state index in [4.69, 9.17) is 9.47 Å². The Morgan fingerprint density at radius 2 is 1.95 bits per heavy atom. The molecule has 1 aromatic carbocycles. The van der Waals surface area contributed by atoms with E-state index in [0.29, 0.717) is 23.7 Å². The number of ether oxygens (including phenoxy) is 2. The van der Waals surface area contributed by atoms with Crippen LogP contribution in [0.15, 0.2) is 30.3 Å².